The van der Waals surface area contributed by atoms with Gasteiger partial charge in [0.2, 0.25) is 0 Å². The summed E-state index contributed by atoms with van der Waals surface area (Å²) in [6.45, 7) is 0. The molecule has 3 heteroatoms. The second-order valence-electron chi connectivity index (χ2n) is 2.28. The summed E-state index contributed by atoms with van der Waals surface area (Å²) in [5.41, 5.74) is 1.20. The molecule has 2 rings (SSSR count). The predicted molar refractivity (Wildman–Crippen MR) is 39.2 cm³/mol. The highest BCUT2D eigenvalue weighted by Gasteiger charge is 2.16. The third kappa shape index (κ3) is 0.778. The van der Waals surface area contributed by atoms with Crippen molar-refractivity contribution in [3.63, 3.8) is 0 Å². The maximum absolute atomic E-state index is 11.1. The SMILES string of the molecule is O=S1CCc2ccncc21. The van der Waals surface area contributed by atoms with E-state index in [2.05, 4.69) is 4.98 Å². The number of rotatable bonds is 0. The van der Waals surface area contributed by atoms with Crippen molar-refractivity contribution in [2.45, 2.75) is 11.3 Å². The Morgan fingerprint density at radius 1 is 1.60 bits per heavy atom. The smallest absolute Gasteiger partial charge is 0.0603 e. The van der Waals surface area contributed by atoms with Gasteiger partial charge in [0.15, 0.2) is 0 Å². The molecule has 10 heavy (non-hydrogen) atoms. The molecule has 2 heterocycles. The van der Waals surface area contributed by atoms with Crippen molar-refractivity contribution >= 4 is 10.8 Å². The fourth-order valence-electron chi connectivity index (χ4n) is 1.13. The zero-order valence-corrected chi connectivity index (χ0v) is 6.23. The van der Waals surface area contributed by atoms with Gasteiger partial charge in [-0.25, -0.2) is 0 Å². The van der Waals surface area contributed by atoms with E-state index < -0.39 is 10.8 Å². The molecular weight excluding hydrogens is 146 g/mol. The largest absolute Gasteiger partial charge is 0.263 e. The molecular formula is C7H7NOS. The maximum atomic E-state index is 11.1. The van der Waals surface area contributed by atoms with Crippen LogP contribution in [0.3, 0.4) is 0 Å². The minimum Gasteiger partial charge on any atom is -0.263 e. The lowest BCUT2D eigenvalue weighted by Crippen LogP contribution is -1.87. The molecule has 1 aliphatic rings. The van der Waals surface area contributed by atoms with Crippen LogP contribution in [0.2, 0.25) is 0 Å². The van der Waals surface area contributed by atoms with Gasteiger partial charge in [0.25, 0.3) is 0 Å². The van der Waals surface area contributed by atoms with Crippen LogP contribution in [0.4, 0.5) is 0 Å². The Hall–Kier alpha value is -0.700. The summed E-state index contributed by atoms with van der Waals surface area (Å²) in [5.74, 6) is 0.779. The van der Waals surface area contributed by atoms with Crippen LogP contribution in [-0.4, -0.2) is 14.9 Å². The molecule has 0 N–H and O–H groups in total. The lowest BCUT2D eigenvalue weighted by Gasteiger charge is -1.91. The van der Waals surface area contributed by atoms with Gasteiger partial charge >= 0.3 is 0 Å². The van der Waals surface area contributed by atoms with E-state index in [1.54, 1.807) is 12.4 Å². The number of hydrogen-bond acceptors (Lipinski definition) is 2. The van der Waals surface area contributed by atoms with Crippen molar-refractivity contribution in [2.24, 2.45) is 0 Å². The van der Waals surface area contributed by atoms with Crippen molar-refractivity contribution in [2.75, 3.05) is 5.75 Å². The van der Waals surface area contributed by atoms with Crippen LogP contribution in [0.25, 0.3) is 0 Å². The molecule has 1 aliphatic heterocycles. The molecule has 0 saturated heterocycles. The molecule has 52 valence electrons. The number of fused-ring (bicyclic) bond motifs is 1. The Morgan fingerprint density at radius 3 is 3.30 bits per heavy atom. The lowest BCUT2D eigenvalue weighted by atomic mass is 10.2. The van der Waals surface area contributed by atoms with E-state index in [4.69, 9.17) is 0 Å². The van der Waals surface area contributed by atoms with Gasteiger partial charge in [0.1, 0.15) is 0 Å². The van der Waals surface area contributed by atoms with Crippen LogP contribution in [0.15, 0.2) is 23.4 Å². The summed E-state index contributed by atoms with van der Waals surface area (Å²) >= 11 is 0. The molecule has 1 aromatic rings. The number of hydrogen-bond donors (Lipinski definition) is 0. The molecule has 1 aromatic heterocycles. The summed E-state index contributed by atoms with van der Waals surface area (Å²) in [4.78, 5) is 4.85. The van der Waals surface area contributed by atoms with Crippen LogP contribution < -0.4 is 0 Å². The average molecular weight is 153 g/mol. The molecule has 0 spiro atoms. The third-order valence-corrected chi connectivity index (χ3v) is 3.11. The van der Waals surface area contributed by atoms with E-state index >= 15 is 0 Å². The summed E-state index contributed by atoms with van der Waals surface area (Å²) in [6.07, 6.45) is 4.41. The van der Waals surface area contributed by atoms with Gasteiger partial charge in [-0.3, -0.25) is 9.19 Å². The van der Waals surface area contributed by atoms with Crippen molar-refractivity contribution in [3.05, 3.63) is 24.0 Å². The van der Waals surface area contributed by atoms with Gasteiger partial charge in [-0.15, -0.1) is 0 Å². The number of aromatic nitrogens is 1. The monoisotopic (exact) mass is 153 g/mol. The fourth-order valence-corrected chi connectivity index (χ4v) is 2.40. The minimum atomic E-state index is -0.760. The Kier molecular flexibility index (Phi) is 1.31. The fraction of sp³-hybridized carbons (Fsp3) is 0.286. The highest BCUT2D eigenvalue weighted by Crippen LogP contribution is 2.20. The summed E-state index contributed by atoms with van der Waals surface area (Å²) in [7, 11) is -0.760. The van der Waals surface area contributed by atoms with Crippen molar-refractivity contribution in [3.8, 4) is 0 Å². The first kappa shape index (κ1) is 6.04. The summed E-state index contributed by atoms with van der Waals surface area (Å²) in [5, 5.41) is 0. The van der Waals surface area contributed by atoms with Crippen molar-refractivity contribution < 1.29 is 4.21 Å². The molecule has 0 amide bonds. The highest BCUT2D eigenvalue weighted by molar-refractivity contribution is 7.85. The molecule has 0 bridgehead atoms. The third-order valence-electron chi connectivity index (χ3n) is 1.67. The Labute approximate surface area is 61.7 Å². The molecule has 1 unspecified atom stereocenters. The van der Waals surface area contributed by atoms with Gasteiger partial charge in [-0.1, -0.05) is 0 Å². The van der Waals surface area contributed by atoms with Crippen molar-refractivity contribution in [1.29, 1.82) is 0 Å². The van der Waals surface area contributed by atoms with Crippen LogP contribution in [0.5, 0.6) is 0 Å². The van der Waals surface area contributed by atoms with Crippen molar-refractivity contribution in [1.82, 2.24) is 4.98 Å². The van der Waals surface area contributed by atoms with E-state index in [-0.39, 0.29) is 0 Å². The zero-order chi connectivity index (χ0) is 6.97. The molecule has 0 fully saturated rings. The van der Waals surface area contributed by atoms with E-state index in [0.29, 0.717) is 0 Å². The van der Waals surface area contributed by atoms with Gasteiger partial charge < -0.3 is 0 Å². The standard InChI is InChI=1S/C7H7NOS/c9-10-4-2-6-1-3-8-5-7(6)10/h1,3,5H,2,4H2. The van der Waals surface area contributed by atoms with Crippen LogP contribution >= 0.6 is 0 Å². The second kappa shape index (κ2) is 2.16. The van der Waals surface area contributed by atoms with E-state index in [9.17, 15) is 4.21 Å². The molecule has 1 atom stereocenters. The molecule has 0 saturated carbocycles. The molecule has 0 aromatic carbocycles. The van der Waals surface area contributed by atoms with Gasteiger partial charge in [-0.05, 0) is 18.1 Å². The zero-order valence-electron chi connectivity index (χ0n) is 5.41. The first-order chi connectivity index (χ1) is 4.88. The normalized spacial score (nSPS) is 22.6. The summed E-state index contributed by atoms with van der Waals surface area (Å²) < 4.78 is 11.1. The van der Waals surface area contributed by atoms with Crippen LogP contribution in [0.1, 0.15) is 5.56 Å². The Balaban J connectivity index is 2.61. The summed E-state index contributed by atoms with van der Waals surface area (Å²) in [6, 6.07) is 1.94. The molecule has 2 nitrogen and oxygen atoms in total. The number of aryl methyl sites for hydroxylation is 1. The Morgan fingerprint density at radius 2 is 2.50 bits per heavy atom. The predicted octanol–water partition coefficient (Wildman–Crippen LogP) is 0.745. The van der Waals surface area contributed by atoms with Gasteiger partial charge in [0, 0.05) is 18.1 Å². The first-order valence-electron chi connectivity index (χ1n) is 3.19. The maximum Gasteiger partial charge on any atom is 0.0603 e. The lowest BCUT2D eigenvalue weighted by molar-refractivity contribution is 0.685. The highest BCUT2D eigenvalue weighted by atomic mass is 32.2. The topological polar surface area (TPSA) is 30.0 Å². The van der Waals surface area contributed by atoms with Crippen LogP contribution in [-0.2, 0) is 17.2 Å². The van der Waals surface area contributed by atoms with E-state index in [1.807, 2.05) is 6.07 Å². The van der Waals surface area contributed by atoms with E-state index in [1.165, 1.54) is 5.56 Å². The molecule has 0 radical (unpaired) electrons. The van der Waals surface area contributed by atoms with Gasteiger partial charge in [-0.2, -0.15) is 0 Å². The minimum absolute atomic E-state index is 0.760. The first-order valence-corrected chi connectivity index (χ1v) is 4.51. The van der Waals surface area contributed by atoms with Crippen LogP contribution in [0, 0.1) is 0 Å². The number of pyridine rings is 1. The average Bonchev–Trinajstić information content (AvgIpc) is 2.34. The number of nitrogens with zero attached hydrogens (tertiary/aromatic N) is 1. The second-order valence-corrected chi connectivity index (χ2v) is 3.82. The molecule has 0 aliphatic carbocycles. The quantitative estimate of drug-likeness (QED) is 0.550. The van der Waals surface area contributed by atoms with Gasteiger partial charge in [0.05, 0.1) is 15.7 Å². The Bertz CT molecular complexity index is 285. The van der Waals surface area contributed by atoms with E-state index in [0.717, 1.165) is 17.1 Å².